The van der Waals surface area contributed by atoms with E-state index in [2.05, 4.69) is 36.2 Å². The first-order valence-corrected chi connectivity index (χ1v) is 7.08. The molecule has 2 aliphatic rings. The minimum Gasteiger partial charge on any atom is -0.486 e. The second-order valence-corrected chi connectivity index (χ2v) is 5.57. The van der Waals surface area contributed by atoms with Gasteiger partial charge in [-0.2, -0.15) is 0 Å². The number of fused-ring (bicyclic) bond motifs is 1. The third-order valence-corrected chi connectivity index (χ3v) is 3.89. The molecule has 3 rings (SSSR count). The Morgan fingerprint density at radius 3 is 2.84 bits per heavy atom. The molecule has 1 saturated heterocycles. The SMILES string of the molecule is CC1CN(Cc2ccc3c(c2)OCCO3)C(C)CN1. The molecular weight excluding hydrogens is 240 g/mol. The van der Waals surface area contributed by atoms with Gasteiger partial charge < -0.3 is 14.8 Å². The van der Waals surface area contributed by atoms with Gasteiger partial charge in [-0.1, -0.05) is 6.07 Å². The van der Waals surface area contributed by atoms with Gasteiger partial charge in [0.05, 0.1) is 0 Å². The van der Waals surface area contributed by atoms with Crippen LogP contribution in [0.3, 0.4) is 0 Å². The molecule has 1 N–H and O–H groups in total. The molecule has 1 aromatic carbocycles. The predicted molar refractivity (Wildman–Crippen MR) is 74.8 cm³/mol. The van der Waals surface area contributed by atoms with Crippen molar-refractivity contribution in [3.63, 3.8) is 0 Å². The molecule has 0 saturated carbocycles. The Morgan fingerprint density at radius 2 is 2.00 bits per heavy atom. The third kappa shape index (κ3) is 2.85. The molecule has 0 bridgehead atoms. The van der Waals surface area contributed by atoms with Crippen molar-refractivity contribution in [3.05, 3.63) is 23.8 Å². The lowest BCUT2D eigenvalue weighted by Crippen LogP contribution is -2.53. The molecule has 2 unspecified atom stereocenters. The monoisotopic (exact) mass is 262 g/mol. The average Bonchev–Trinajstić information content (AvgIpc) is 2.43. The fraction of sp³-hybridized carbons (Fsp3) is 0.600. The summed E-state index contributed by atoms with van der Waals surface area (Å²) in [5, 5.41) is 3.51. The summed E-state index contributed by atoms with van der Waals surface area (Å²) in [5.74, 6) is 1.76. The van der Waals surface area contributed by atoms with Gasteiger partial charge in [-0.05, 0) is 31.5 Å². The van der Waals surface area contributed by atoms with E-state index < -0.39 is 0 Å². The summed E-state index contributed by atoms with van der Waals surface area (Å²) in [5.41, 5.74) is 1.30. The van der Waals surface area contributed by atoms with Crippen molar-refractivity contribution < 1.29 is 9.47 Å². The number of nitrogens with zero attached hydrogens (tertiary/aromatic N) is 1. The van der Waals surface area contributed by atoms with Crippen LogP contribution in [0.25, 0.3) is 0 Å². The summed E-state index contributed by atoms with van der Waals surface area (Å²) in [7, 11) is 0. The molecule has 2 aliphatic heterocycles. The highest BCUT2D eigenvalue weighted by Crippen LogP contribution is 2.31. The average molecular weight is 262 g/mol. The summed E-state index contributed by atoms with van der Waals surface area (Å²) in [6, 6.07) is 7.43. The second kappa shape index (κ2) is 5.39. The Labute approximate surface area is 114 Å². The molecule has 0 aromatic heterocycles. The lowest BCUT2D eigenvalue weighted by molar-refractivity contribution is 0.138. The molecular formula is C15H22N2O2. The van der Waals surface area contributed by atoms with Gasteiger partial charge in [0.2, 0.25) is 0 Å². The molecule has 0 amide bonds. The van der Waals surface area contributed by atoms with Crippen molar-refractivity contribution in [1.29, 1.82) is 0 Å². The van der Waals surface area contributed by atoms with Gasteiger partial charge in [0.15, 0.2) is 11.5 Å². The summed E-state index contributed by atoms with van der Waals surface area (Å²) in [6.45, 7) is 8.95. The molecule has 1 fully saturated rings. The molecule has 2 atom stereocenters. The number of hydrogen-bond donors (Lipinski definition) is 1. The number of nitrogens with one attached hydrogen (secondary N) is 1. The zero-order chi connectivity index (χ0) is 13.2. The first-order chi connectivity index (χ1) is 9.22. The molecule has 1 aromatic rings. The van der Waals surface area contributed by atoms with Crippen LogP contribution in [0.2, 0.25) is 0 Å². The van der Waals surface area contributed by atoms with Crippen LogP contribution < -0.4 is 14.8 Å². The molecule has 0 spiro atoms. The van der Waals surface area contributed by atoms with Crippen LogP contribution in [-0.2, 0) is 6.54 Å². The molecule has 4 nitrogen and oxygen atoms in total. The van der Waals surface area contributed by atoms with Crippen molar-refractivity contribution in [2.24, 2.45) is 0 Å². The summed E-state index contributed by atoms with van der Waals surface area (Å²) < 4.78 is 11.2. The van der Waals surface area contributed by atoms with Crippen LogP contribution in [0, 0.1) is 0 Å². The van der Waals surface area contributed by atoms with Crippen LogP contribution >= 0.6 is 0 Å². The van der Waals surface area contributed by atoms with Gasteiger partial charge in [0.1, 0.15) is 13.2 Å². The van der Waals surface area contributed by atoms with Crippen molar-refractivity contribution in [2.75, 3.05) is 26.3 Å². The number of rotatable bonds is 2. The standard InChI is InChI=1S/C15H22N2O2/c1-11-9-17(12(2)8-16-11)10-13-3-4-14-15(7-13)19-6-5-18-14/h3-4,7,11-12,16H,5-6,8-10H2,1-2H3. The maximum atomic E-state index is 5.65. The van der Waals surface area contributed by atoms with Gasteiger partial charge in [0.25, 0.3) is 0 Å². The smallest absolute Gasteiger partial charge is 0.161 e. The first-order valence-electron chi connectivity index (χ1n) is 7.08. The second-order valence-electron chi connectivity index (χ2n) is 5.57. The predicted octanol–water partition coefficient (Wildman–Crippen LogP) is 1.64. The molecule has 104 valence electrons. The van der Waals surface area contributed by atoms with E-state index in [0.717, 1.165) is 31.1 Å². The van der Waals surface area contributed by atoms with E-state index >= 15 is 0 Å². The third-order valence-electron chi connectivity index (χ3n) is 3.89. The minimum atomic E-state index is 0.563. The highest BCUT2D eigenvalue weighted by molar-refractivity contribution is 5.43. The van der Waals surface area contributed by atoms with Gasteiger partial charge in [-0.3, -0.25) is 4.90 Å². The first kappa shape index (κ1) is 12.8. The largest absolute Gasteiger partial charge is 0.486 e. The highest BCUT2D eigenvalue weighted by atomic mass is 16.6. The van der Waals surface area contributed by atoms with Gasteiger partial charge in [-0.15, -0.1) is 0 Å². The van der Waals surface area contributed by atoms with Crippen molar-refractivity contribution in [1.82, 2.24) is 10.2 Å². The number of hydrogen-bond acceptors (Lipinski definition) is 4. The Balaban J connectivity index is 1.72. The van der Waals surface area contributed by atoms with Crippen molar-refractivity contribution >= 4 is 0 Å². The molecule has 2 heterocycles. The zero-order valence-corrected chi connectivity index (χ0v) is 11.7. The Kier molecular flexibility index (Phi) is 3.62. The fourth-order valence-electron chi connectivity index (χ4n) is 2.74. The summed E-state index contributed by atoms with van der Waals surface area (Å²) in [6.07, 6.45) is 0. The summed E-state index contributed by atoms with van der Waals surface area (Å²) >= 11 is 0. The van der Waals surface area contributed by atoms with Crippen LogP contribution in [0.15, 0.2) is 18.2 Å². The maximum Gasteiger partial charge on any atom is 0.161 e. The van der Waals surface area contributed by atoms with E-state index in [1.807, 2.05) is 6.07 Å². The zero-order valence-electron chi connectivity index (χ0n) is 11.7. The van der Waals surface area contributed by atoms with E-state index in [0.29, 0.717) is 25.3 Å². The van der Waals surface area contributed by atoms with E-state index in [-0.39, 0.29) is 0 Å². The Hall–Kier alpha value is -1.26. The van der Waals surface area contributed by atoms with Crippen LogP contribution in [0.1, 0.15) is 19.4 Å². The van der Waals surface area contributed by atoms with Crippen molar-refractivity contribution in [2.45, 2.75) is 32.5 Å². The van der Waals surface area contributed by atoms with E-state index in [1.165, 1.54) is 5.56 Å². The molecule has 0 radical (unpaired) electrons. The van der Waals surface area contributed by atoms with Gasteiger partial charge >= 0.3 is 0 Å². The lowest BCUT2D eigenvalue weighted by atomic mass is 10.1. The quantitative estimate of drug-likeness (QED) is 0.878. The van der Waals surface area contributed by atoms with Crippen molar-refractivity contribution in [3.8, 4) is 11.5 Å². The molecule has 19 heavy (non-hydrogen) atoms. The minimum absolute atomic E-state index is 0.563. The topological polar surface area (TPSA) is 33.7 Å². The van der Waals surface area contributed by atoms with Crippen LogP contribution in [-0.4, -0.2) is 43.3 Å². The van der Waals surface area contributed by atoms with Crippen LogP contribution in [0.4, 0.5) is 0 Å². The number of benzene rings is 1. The maximum absolute atomic E-state index is 5.65. The Bertz CT molecular complexity index is 450. The van der Waals surface area contributed by atoms with E-state index in [4.69, 9.17) is 9.47 Å². The Morgan fingerprint density at radius 1 is 1.21 bits per heavy atom. The van der Waals surface area contributed by atoms with Gasteiger partial charge in [-0.25, -0.2) is 0 Å². The van der Waals surface area contributed by atoms with E-state index in [9.17, 15) is 0 Å². The highest BCUT2D eigenvalue weighted by Gasteiger charge is 2.22. The fourth-order valence-corrected chi connectivity index (χ4v) is 2.74. The summed E-state index contributed by atoms with van der Waals surface area (Å²) in [4.78, 5) is 2.52. The molecule has 4 heteroatoms. The van der Waals surface area contributed by atoms with Crippen LogP contribution in [0.5, 0.6) is 11.5 Å². The molecule has 0 aliphatic carbocycles. The van der Waals surface area contributed by atoms with Gasteiger partial charge in [0, 0.05) is 31.7 Å². The number of ether oxygens (including phenoxy) is 2. The lowest BCUT2D eigenvalue weighted by Gasteiger charge is -2.37. The normalized spacial score (nSPS) is 27.3. The van der Waals surface area contributed by atoms with E-state index in [1.54, 1.807) is 0 Å². The number of piperazine rings is 1.